The lowest BCUT2D eigenvalue weighted by atomic mass is 9.78. The van der Waals surface area contributed by atoms with Gasteiger partial charge < -0.3 is 10.4 Å². The Bertz CT molecular complexity index is 638. The molecule has 1 aliphatic carbocycles. The first-order valence-corrected chi connectivity index (χ1v) is 6.44. The summed E-state index contributed by atoms with van der Waals surface area (Å²) in [5.41, 5.74) is 1.93. The van der Waals surface area contributed by atoms with Gasteiger partial charge in [-0.1, -0.05) is 18.2 Å². The maximum absolute atomic E-state index is 11.4. The number of carbonyl (C=O) groups is 1. The van der Waals surface area contributed by atoms with E-state index in [-0.39, 0.29) is 17.5 Å². The Morgan fingerprint density at radius 3 is 2.90 bits per heavy atom. The Kier molecular flexibility index (Phi) is 2.74. The van der Waals surface area contributed by atoms with E-state index >= 15 is 0 Å². The lowest BCUT2D eigenvalue weighted by Gasteiger charge is -2.34. The van der Waals surface area contributed by atoms with Crippen molar-refractivity contribution in [3.8, 4) is 0 Å². The molecule has 2 aliphatic rings. The molecular weight excluding hydrogens is 260 g/mol. The minimum absolute atomic E-state index is 0.0509. The number of nitro groups is 1. The number of rotatable bonds is 2. The van der Waals surface area contributed by atoms with Crippen LogP contribution in [0.2, 0.25) is 0 Å². The van der Waals surface area contributed by atoms with Gasteiger partial charge in [0.15, 0.2) is 0 Å². The molecular formula is C14H14N2O4. The van der Waals surface area contributed by atoms with E-state index in [1.165, 1.54) is 6.07 Å². The van der Waals surface area contributed by atoms with E-state index in [2.05, 4.69) is 5.32 Å². The van der Waals surface area contributed by atoms with E-state index in [1.807, 2.05) is 25.1 Å². The zero-order chi connectivity index (χ0) is 14.4. The first-order valence-electron chi connectivity index (χ1n) is 6.44. The summed E-state index contributed by atoms with van der Waals surface area (Å²) in [5, 5.41) is 23.4. The molecule has 0 aromatic heterocycles. The standard InChI is InChI=1S/C14H14N2O4/c1-7-5-10-8-3-2-4-9(8)13(14(17)18)15-12(10)11(6-7)16(19)20/h2-3,5-6,8-9,13,15H,4H2,1H3,(H,17,18)/t8-,9+,13+/m1/s1. The predicted molar refractivity (Wildman–Crippen MR) is 72.9 cm³/mol. The Morgan fingerprint density at radius 1 is 1.50 bits per heavy atom. The topological polar surface area (TPSA) is 92.5 Å². The summed E-state index contributed by atoms with van der Waals surface area (Å²) < 4.78 is 0. The van der Waals surface area contributed by atoms with Crippen LogP contribution in [-0.4, -0.2) is 22.0 Å². The van der Waals surface area contributed by atoms with E-state index in [4.69, 9.17) is 0 Å². The SMILES string of the molecule is Cc1cc2c(c([N+](=O)[O-])c1)N[C@H](C(=O)O)[C@H]1CC=C[C@@H]21. The van der Waals surface area contributed by atoms with Gasteiger partial charge in [-0.25, -0.2) is 4.79 Å². The van der Waals surface area contributed by atoms with Gasteiger partial charge in [0.25, 0.3) is 5.69 Å². The second-order valence-corrected chi connectivity index (χ2v) is 5.32. The number of nitrogens with zero attached hydrogens (tertiary/aromatic N) is 1. The first kappa shape index (κ1) is 12.7. The minimum atomic E-state index is -0.968. The fourth-order valence-electron chi connectivity index (χ4n) is 3.22. The zero-order valence-corrected chi connectivity index (χ0v) is 10.9. The number of anilines is 1. The summed E-state index contributed by atoms with van der Waals surface area (Å²) in [6.07, 6.45) is 4.59. The zero-order valence-electron chi connectivity index (χ0n) is 10.9. The molecule has 0 amide bonds. The third-order valence-corrected chi connectivity index (χ3v) is 4.06. The summed E-state index contributed by atoms with van der Waals surface area (Å²) in [6, 6.07) is 2.59. The van der Waals surface area contributed by atoms with Crippen LogP contribution in [0.3, 0.4) is 0 Å². The molecule has 2 N–H and O–H groups in total. The second kappa shape index (κ2) is 4.33. The molecule has 0 fully saturated rings. The van der Waals surface area contributed by atoms with Crippen LogP contribution < -0.4 is 5.32 Å². The van der Waals surface area contributed by atoms with E-state index in [0.717, 1.165) is 11.1 Å². The second-order valence-electron chi connectivity index (χ2n) is 5.32. The van der Waals surface area contributed by atoms with Gasteiger partial charge >= 0.3 is 5.97 Å². The molecule has 1 heterocycles. The summed E-state index contributed by atoms with van der Waals surface area (Å²) in [7, 11) is 0. The highest BCUT2D eigenvalue weighted by Crippen LogP contribution is 2.47. The molecule has 3 atom stereocenters. The van der Waals surface area contributed by atoms with Gasteiger partial charge in [-0.05, 0) is 24.5 Å². The number of carboxylic acid groups (broad SMARTS) is 1. The smallest absolute Gasteiger partial charge is 0.326 e. The average molecular weight is 274 g/mol. The monoisotopic (exact) mass is 274 g/mol. The molecule has 20 heavy (non-hydrogen) atoms. The molecule has 3 rings (SSSR count). The highest BCUT2D eigenvalue weighted by Gasteiger charge is 2.43. The third-order valence-electron chi connectivity index (χ3n) is 4.06. The van der Waals surface area contributed by atoms with Gasteiger partial charge in [0.2, 0.25) is 0 Å². The number of hydrogen-bond acceptors (Lipinski definition) is 4. The molecule has 1 aromatic rings. The Hall–Kier alpha value is -2.37. The largest absolute Gasteiger partial charge is 0.480 e. The molecule has 0 unspecified atom stereocenters. The molecule has 1 aromatic carbocycles. The Morgan fingerprint density at radius 2 is 2.25 bits per heavy atom. The van der Waals surface area contributed by atoms with Crippen LogP contribution in [-0.2, 0) is 4.79 Å². The predicted octanol–water partition coefficient (Wildman–Crippen LogP) is 2.44. The van der Waals surface area contributed by atoms with E-state index in [0.29, 0.717) is 12.1 Å². The lowest BCUT2D eigenvalue weighted by Crippen LogP contribution is -2.42. The highest BCUT2D eigenvalue weighted by atomic mass is 16.6. The number of carboxylic acids is 1. The summed E-state index contributed by atoms with van der Waals surface area (Å²) in [4.78, 5) is 22.1. The lowest BCUT2D eigenvalue weighted by molar-refractivity contribution is -0.384. The first-order chi connectivity index (χ1) is 9.49. The van der Waals surface area contributed by atoms with Gasteiger partial charge in [-0.3, -0.25) is 10.1 Å². The van der Waals surface area contributed by atoms with Gasteiger partial charge in [0, 0.05) is 17.9 Å². The molecule has 104 valence electrons. The van der Waals surface area contributed by atoms with Crippen LogP contribution >= 0.6 is 0 Å². The van der Waals surface area contributed by atoms with E-state index in [9.17, 15) is 20.0 Å². The highest BCUT2D eigenvalue weighted by molar-refractivity contribution is 5.83. The molecule has 0 saturated carbocycles. The number of benzene rings is 1. The normalized spacial score (nSPS) is 26.6. The Balaban J connectivity index is 2.19. The molecule has 0 spiro atoms. The number of nitrogens with one attached hydrogen (secondary N) is 1. The van der Waals surface area contributed by atoms with E-state index < -0.39 is 16.9 Å². The maximum atomic E-state index is 11.4. The minimum Gasteiger partial charge on any atom is -0.480 e. The van der Waals surface area contributed by atoms with Crippen molar-refractivity contribution in [2.24, 2.45) is 5.92 Å². The van der Waals surface area contributed by atoms with Crippen molar-refractivity contribution in [3.63, 3.8) is 0 Å². The van der Waals surface area contributed by atoms with Gasteiger partial charge in [0.05, 0.1) is 4.92 Å². The number of fused-ring (bicyclic) bond motifs is 3. The van der Waals surface area contributed by atoms with Gasteiger partial charge in [0.1, 0.15) is 11.7 Å². The number of allylic oxidation sites excluding steroid dienone is 2. The van der Waals surface area contributed by atoms with Gasteiger partial charge in [-0.2, -0.15) is 0 Å². The van der Waals surface area contributed by atoms with Crippen LogP contribution in [0.1, 0.15) is 23.5 Å². The van der Waals surface area contributed by atoms with Crippen LogP contribution in [0.4, 0.5) is 11.4 Å². The molecule has 1 aliphatic heterocycles. The number of nitro benzene ring substituents is 1. The summed E-state index contributed by atoms with van der Waals surface area (Å²) in [6.45, 7) is 1.81. The number of aliphatic carboxylic acids is 1. The molecule has 0 bridgehead atoms. The summed E-state index contributed by atoms with van der Waals surface area (Å²) in [5.74, 6) is -1.11. The van der Waals surface area contributed by atoms with Gasteiger partial charge in [-0.15, -0.1) is 0 Å². The van der Waals surface area contributed by atoms with Crippen LogP contribution in [0.5, 0.6) is 0 Å². The third kappa shape index (κ3) is 1.76. The molecule has 0 saturated heterocycles. The number of hydrogen-bond donors (Lipinski definition) is 2. The Labute approximate surface area is 115 Å². The summed E-state index contributed by atoms with van der Waals surface area (Å²) >= 11 is 0. The number of aryl methyl sites for hydroxylation is 1. The fraction of sp³-hybridized carbons (Fsp3) is 0.357. The maximum Gasteiger partial charge on any atom is 0.326 e. The average Bonchev–Trinajstić information content (AvgIpc) is 2.85. The van der Waals surface area contributed by atoms with Crippen molar-refractivity contribution < 1.29 is 14.8 Å². The van der Waals surface area contributed by atoms with Crippen molar-refractivity contribution >= 4 is 17.3 Å². The molecule has 6 heteroatoms. The van der Waals surface area contributed by atoms with E-state index in [1.54, 1.807) is 0 Å². The van der Waals surface area contributed by atoms with Crippen molar-refractivity contribution in [2.75, 3.05) is 5.32 Å². The van der Waals surface area contributed by atoms with Crippen LogP contribution in [0, 0.1) is 23.0 Å². The fourth-order valence-corrected chi connectivity index (χ4v) is 3.22. The van der Waals surface area contributed by atoms with Crippen molar-refractivity contribution in [2.45, 2.75) is 25.3 Å². The van der Waals surface area contributed by atoms with Crippen LogP contribution in [0.15, 0.2) is 24.3 Å². The van der Waals surface area contributed by atoms with Crippen LogP contribution in [0.25, 0.3) is 0 Å². The van der Waals surface area contributed by atoms with Crippen molar-refractivity contribution in [3.05, 3.63) is 45.5 Å². The molecule has 0 radical (unpaired) electrons. The quantitative estimate of drug-likeness (QED) is 0.491. The molecule has 6 nitrogen and oxygen atoms in total. The van der Waals surface area contributed by atoms with Crippen molar-refractivity contribution in [1.29, 1.82) is 0 Å². The van der Waals surface area contributed by atoms with Crippen molar-refractivity contribution in [1.82, 2.24) is 0 Å².